The van der Waals surface area contributed by atoms with Crippen LogP contribution in [0.15, 0.2) is 0 Å². The van der Waals surface area contributed by atoms with E-state index in [0.717, 1.165) is 36.0 Å². The Bertz CT molecular complexity index is 555. The fourth-order valence-electron chi connectivity index (χ4n) is 8.49. The van der Waals surface area contributed by atoms with Crippen molar-refractivity contribution in [3.05, 3.63) is 0 Å². The van der Waals surface area contributed by atoms with Gasteiger partial charge in [0.25, 0.3) is 0 Å². The Hall–Kier alpha value is 1.11. The second-order valence-corrected chi connectivity index (χ2v) is 10.5. The van der Waals surface area contributed by atoms with Crippen LogP contribution in [0.25, 0.3) is 0 Å². The van der Waals surface area contributed by atoms with Gasteiger partial charge in [0.05, 0.1) is 0 Å². The number of carbonyl (C=O) groups excluding carboxylic acids is 1. The minimum Gasteiger partial charge on any atom is -1.00 e. The van der Waals surface area contributed by atoms with Crippen molar-refractivity contribution in [2.24, 2.45) is 40.4 Å². The molecule has 0 heterocycles. The Balaban J connectivity index is 0.00000140. The molecular weight excluding hydrogens is 359 g/mol. The van der Waals surface area contributed by atoms with E-state index in [1.165, 1.54) is 57.8 Å². The molecule has 4 aliphatic rings. The van der Waals surface area contributed by atoms with Gasteiger partial charge in [-0.2, -0.15) is 0 Å². The van der Waals surface area contributed by atoms with Crippen molar-refractivity contribution >= 4 is 5.97 Å². The molecule has 4 fully saturated rings. The topological polar surface area (TPSA) is 26.3 Å². The van der Waals surface area contributed by atoms with E-state index in [2.05, 4.69) is 20.8 Å². The largest absolute Gasteiger partial charge is 1.00 e. The second kappa shape index (κ2) is 8.69. The van der Waals surface area contributed by atoms with Crippen LogP contribution in [0, 0.1) is 40.4 Å². The average Bonchev–Trinajstić information content (AvgIpc) is 2.98. The van der Waals surface area contributed by atoms with Crippen LogP contribution in [-0.2, 0) is 9.53 Å². The summed E-state index contributed by atoms with van der Waals surface area (Å²) in [6.45, 7) is 9.49. The third-order valence-corrected chi connectivity index (χ3v) is 9.93. The molecule has 2 unspecified atom stereocenters. The molecule has 3 heteroatoms. The maximum Gasteiger partial charge on any atom is 1.00 e. The molecule has 0 amide bonds. The van der Waals surface area contributed by atoms with Crippen LogP contribution in [-0.4, -0.2) is 12.1 Å². The molecule has 8 atom stereocenters. The SMILES string of the molecule is CCC(=O)OC1CCCC2CC[C@@H]3[C@H](CC[C@]4(C)[C@@H](CC)CC[C@@H]34)[C@]21C.[H-].[K+]. The fraction of sp³-hybridized carbons (Fsp3) is 0.958. The van der Waals surface area contributed by atoms with E-state index in [1.807, 2.05) is 6.92 Å². The van der Waals surface area contributed by atoms with Crippen LogP contribution in [0.2, 0.25) is 0 Å². The molecular formula is C24H41KO2. The molecule has 4 aliphatic carbocycles. The van der Waals surface area contributed by atoms with E-state index in [0.29, 0.717) is 11.8 Å². The number of carbonyl (C=O) groups is 1. The van der Waals surface area contributed by atoms with Crippen LogP contribution in [0.3, 0.4) is 0 Å². The van der Waals surface area contributed by atoms with Gasteiger partial charge >= 0.3 is 57.4 Å². The summed E-state index contributed by atoms with van der Waals surface area (Å²) in [5.74, 6) is 4.33. The molecule has 0 saturated heterocycles. The zero-order valence-corrected chi connectivity index (χ0v) is 21.7. The minimum absolute atomic E-state index is 0. The van der Waals surface area contributed by atoms with Crippen LogP contribution >= 0.6 is 0 Å². The van der Waals surface area contributed by atoms with Crippen LogP contribution in [0.5, 0.6) is 0 Å². The predicted octanol–water partition coefficient (Wildman–Crippen LogP) is 3.49. The standard InChI is InChI=1S/C24H40O2.K.H/c1-5-16-11-13-19-18-12-10-17-8-7-9-21(26-22(25)6-2)24(17,4)20(18)14-15-23(16,19)3;;/h16-21H,5-15H2,1-4H3;;/q;+1;-1/t16-,17?,18-,19-,20-,21?,23+,24-;;/m0../s1. The summed E-state index contributed by atoms with van der Waals surface area (Å²) in [6, 6.07) is 0. The van der Waals surface area contributed by atoms with Crippen molar-refractivity contribution in [2.45, 2.75) is 104 Å². The molecule has 0 aromatic carbocycles. The van der Waals surface area contributed by atoms with E-state index in [4.69, 9.17) is 4.74 Å². The number of rotatable bonds is 3. The molecule has 0 bridgehead atoms. The Morgan fingerprint density at radius 3 is 2.48 bits per heavy atom. The fourth-order valence-corrected chi connectivity index (χ4v) is 8.49. The van der Waals surface area contributed by atoms with E-state index in [1.54, 1.807) is 0 Å². The second-order valence-electron chi connectivity index (χ2n) is 10.5. The minimum atomic E-state index is 0. The van der Waals surface area contributed by atoms with E-state index >= 15 is 0 Å². The third kappa shape index (κ3) is 3.58. The van der Waals surface area contributed by atoms with Crippen molar-refractivity contribution in [1.29, 1.82) is 0 Å². The van der Waals surface area contributed by atoms with Crippen LogP contribution in [0.4, 0.5) is 0 Å². The molecule has 2 nitrogen and oxygen atoms in total. The number of fused-ring (bicyclic) bond motifs is 5. The molecule has 4 rings (SSSR count). The Morgan fingerprint density at radius 2 is 1.78 bits per heavy atom. The molecule has 0 aliphatic heterocycles. The van der Waals surface area contributed by atoms with Crippen molar-refractivity contribution in [2.75, 3.05) is 0 Å². The third-order valence-electron chi connectivity index (χ3n) is 9.93. The monoisotopic (exact) mass is 400 g/mol. The van der Waals surface area contributed by atoms with Crippen molar-refractivity contribution in [1.82, 2.24) is 0 Å². The van der Waals surface area contributed by atoms with E-state index < -0.39 is 0 Å². The molecule has 0 N–H and O–H groups in total. The van der Waals surface area contributed by atoms with Gasteiger partial charge in [-0.05, 0) is 92.8 Å². The summed E-state index contributed by atoms with van der Waals surface area (Å²) in [6.07, 6.45) is 14.3. The Morgan fingerprint density at radius 1 is 1.00 bits per heavy atom. The van der Waals surface area contributed by atoms with Crippen molar-refractivity contribution in [3.8, 4) is 0 Å². The zero-order chi connectivity index (χ0) is 18.5. The normalized spacial score (nSPS) is 48.6. The van der Waals surface area contributed by atoms with Gasteiger partial charge in [-0.25, -0.2) is 0 Å². The molecule has 0 aromatic rings. The Labute approximate surface area is 211 Å². The van der Waals surface area contributed by atoms with Gasteiger partial charge in [0, 0.05) is 11.8 Å². The quantitative estimate of drug-likeness (QED) is 0.535. The van der Waals surface area contributed by atoms with Gasteiger partial charge in [-0.1, -0.05) is 34.1 Å². The number of esters is 1. The smallest absolute Gasteiger partial charge is 1.00 e. The summed E-state index contributed by atoms with van der Waals surface area (Å²) in [7, 11) is 0. The van der Waals surface area contributed by atoms with Gasteiger partial charge in [-0.3, -0.25) is 4.79 Å². The molecule has 27 heavy (non-hydrogen) atoms. The first-order chi connectivity index (χ1) is 12.4. The van der Waals surface area contributed by atoms with Crippen LogP contribution in [0.1, 0.15) is 99.8 Å². The number of hydrogen-bond acceptors (Lipinski definition) is 2. The molecule has 4 saturated carbocycles. The average molecular weight is 401 g/mol. The van der Waals surface area contributed by atoms with Gasteiger partial charge in [0.2, 0.25) is 0 Å². The summed E-state index contributed by atoms with van der Waals surface area (Å²) < 4.78 is 6.10. The molecule has 0 aromatic heterocycles. The van der Waals surface area contributed by atoms with Gasteiger partial charge in [-0.15, -0.1) is 0 Å². The number of ether oxygens (including phenoxy) is 1. The first-order valence-electron chi connectivity index (χ1n) is 11.6. The number of hydrogen-bond donors (Lipinski definition) is 0. The molecule has 150 valence electrons. The summed E-state index contributed by atoms with van der Waals surface area (Å²) in [5, 5.41) is 0. The first-order valence-corrected chi connectivity index (χ1v) is 11.6. The van der Waals surface area contributed by atoms with E-state index in [9.17, 15) is 4.79 Å². The maximum atomic E-state index is 12.2. The van der Waals surface area contributed by atoms with Gasteiger partial charge in [0.1, 0.15) is 6.10 Å². The summed E-state index contributed by atoms with van der Waals surface area (Å²) in [4.78, 5) is 12.2. The van der Waals surface area contributed by atoms with Crippen molar-refractivity contribution in [3.63, 3.8) is 0 Å². The van der Waals surface area contributed by atoms with Gasteiger partial charge < -0.3 is 6.16 Å². The Kier molecular flexibility index (Phi) is 7.33. The maximum absolute atomic E-state index is 12.2. The van der Waals surface area contributed by atoms with Gasteiger partial charge in [0.15, 0.2) is 0 Å². The molecule has 0 radical (unpaired) electrons. The first kappa shape index (κ1) is 22.8. The summed E-state index contributed by atoms with van der Waals surface area (Å²) >= 11 is 0. The van der Waals surface area contributed by atoms with E-state index in [-0.39, 0.29) is 70.3 Å². The molecule has 0 spiro atoms. The predicted molar refractivity (Wildman–Crippen MR) is 107 cm³/mol. The van der Waals surface area contributed by atoms with Crippen molar-refractivity contribution < 1.29 is 62.3 Å². The summed E-state index contributed by atoms with van der Waals surface area (Å²) in [5.41, 5.74) is 0.820. The zero-order valence-electron chi connectivity index (χ0n) is 19.6. The van der Waals surface area contributed by atoms with Crippen LogP contribution < -0.4 is 51.4 Å².